The molecule has 0 fully saturated rings. The highest BCUT2D eigenvalue weighted by Gasteiger charge is 2.33. The third kappa shape index (κ3) is 4.98. The zero-order valence-corrected chi connectivity index (χ0v) is 15.9. The highest BCUT2D eigenvalue weighted by molar-refractivity contribution is 7.89. The van der Waals surface area contributed by atoms with Crippen molar-refractivity contribution in [2.75, 3.05) is 6.79 Å². The van der Waals surface area contributed by atoms with E-state index in [-0.39, 0.29) is 25.3 Å². The lowest BCUT2D eigenvalue weighted by atomic mass is 10.1. The Balaban J connectivity index is 1.83. The van der Waals surface area contributed by atoms with Crippen molar-refractivity contribution in [3.63, 3.8) is 0 Å². The van der Waals surface area contributed by atoms with Crippen LogP contribution in [-0.4, -0.2) is 27.4 Å². The number of fused-ring (bicyclic) bond motifs is 1. The Morgan fingerprint density at radius 2 is 1.86 bits per heavy atom. The van der Waals surface area contributed by atoms with E-state index in [1.807, 2.05) is 0 Å². The van der Waals surface area contributed by atoms with Crippen molar-refractivity contribution < 1.29 is 40.6 Å². The predicted octanol–water partition coefficient (Wildman–Crippen LogP) is 3.39. The summed E-state index contributed by atoms with van der Waals surface area (Å²) < 4.78 is 79.6. The molecule has 3 rings (SSSR count). The zero-order chi connectivity index (χ0) is 21.2. The molecule has 0 saturated carbocycles. The standard InChI is InChI=1S/C18H16F3NO6S/c1-2-14(23)13-5-4-12(8-16(13)28-18(19,20)21)29(24,25)22-9-11-3-6-15-17(7-11)27-10-26-15/h3-8,22H,2,9-10H2,1H3. The Hall–Kier alpha value is -2.79. The molecule has 0 spiro atoms. The van der Waals surface area contributed by atoms with Crippen molar-refractivity contribution >= 4 is 15.8 Å². The second-order valence-electron chi connectivity index (χ2n) is 5.99. The zero-order valence-electron chi connectivity index (χ0n) is 15.1. The van der Waals surface area contributed by atoms with Crippen LogP contribution in [0.25, 0.3) is 0 Å². The fourth-order valence-corrected chi connectivity index (χ4v) is 3.65. The van der Waals surface area contributed by atoms with Gasteiger partial charge in [0.05, 0.1) is 10.5 Å². The molecule has 0 saturated heterocycles. The van der Waals surface area contributed by atoms with Gasteiger partial charge in [-0.3, -0.25) is 4.79 Å². The van der Waals surface area contributed by atoms with E-state index >= 15 is 0 Å². The van der Waals surface area contributed by atoms with Crippen LogP contribution < -0.4 is 18.9 Å². The number of alkyl halides is 3. The maximum Gasteiger partial charge on any atom is 0.573 e. The summed E-state index contributed by atoms with van der Waals surface area (Å²) in [6.07, 6.45) is -5.15. The quantitative estimate of drug-likeness (QED) is 0.676. The van der Waals surface area contributed by atoms with Crippen molar-refractivity contribution in [3.8, 4) is 17.2 Å². The van der Waals surface area contributed by atoms with Crippen LogP contribution >= 0.6 is 0 Å². The summed E-state index contributed by atoms with van der Waals surface area (Å²) >= 11 is 0. The fourth-order valence-electron chi connectivity index (χ4n) is 2.61. The molecule has 1 aliphatic heterocycles. The van der Waals surface area contributed by atoms with Gasteiger partial charge >= 0.3 is 6.36 Å². The second-order valence-corrected chi connectivity index (χ2v) is 7.76. The van der Waals surface area contributed by atoms with E-state index in [1.165, 1.54) is 6.92 Å². The predicted molar refractivity (Wildman–Crippen MR) is 94.3 cm³/mol. The largest absolute Gasteiger partial charge is 0.573 e. The topological polar surface area (TPSA) is 90.9 Å². The molecule has 7 nitrogen and oxygen atoms in total. The molecule has 2 aromatic rings. The van der Waals surface area contributed by atoms with E-state index in [0.717, 1.165) is 12.1 Å². The van der Waals surface area contributed by atoms with E-state index in [4.69, 9.17) is 9.47 Å². The number of hydrogen-bond acceptors (Lipinski definition) is 6. The Bertz CT molecular complexity index is 1040. The van der Waals surface area contributed by atoms with Gasteiger partial charge in [0, 0.05) is 19.0 Å². The first-order valence-corrected chi connectivity index (χ1v) is 9.88. The number of benzene rings is 2. The fraction of sp³-hybridized carbons (Fsp3) is 0.278. The monoisotopic (exact) mass is 431 g/mol. The minimum atomic E-state index is -5.08. The van der Waals surface area contributed by atoms with Crippen molar-refractivity contribution in [1.82, 2.24) is 4.72 Å². The molecular weight excluding hydrogens is 415 g/mol. The van der Waals surface area contributed by atoms with Crippen molar-refractivity contribution in [1.29, 1.82) is 0 Å². The van der Waals surface area contributed by atoms with Crippen LogP contribution in [0.3, 0.4) is 0 Å². The molecule has 0 atom stereocenters. The Labute approximate surface area is 164 Å². The van der Waals surface area contributed by atoms with Gasteiger partial charge in [0.15, 0.2) is 17.3 Å². The summed E-state index contributed by atoms with van der Waals surface area (Å²) in [5, 5.41) is 0. The van der Waals surface area contributed by atoms with Gasteiger partial charge in [0.2, 0.25) is 16.8 Å². The average Bonchev–Trinajstić information content (AvgIpc) is 3.12. The molecule has 2 aromatic carbocycles. The number of sulfonamides is 1. The third-order valence-electron chi connectivity index (χ3n) is 4.01. The van der Waals surface area contributed by atoms with Gasteiger partial charge in [0.1, 0.15) is 5.75 Å². The molecule has 156 valence electrons. The molecule has 0 aliphatic carbocycles. The molecule has 29 heavy (non-hydrogen) atoms. The summed E-state index contributed by atoms with van der Waals surface area (Å²) in [7, 11) is -4.18. The van der Waals surface area contributed by atoms with Crippen molar-refractivity contribution in [3.05, 3.63) is 47.5 Å². The molecule has 0 unspecified atom stereocenters. The SMILES string of the molecule is CCC(=O)c1ccc(S(=O)(=O)NCc2ccc3c(c2)OCO3)cc1OC(F)(F)F. The number of halogens is 3. The summed E-state index contributed by atoms with van der Waals surface area (Å²) in [5.74, 6) is -0.483. The highest BCUT2D eigenvalue weighted by Crippen LogP contribution is 2.33. The van der Waals surface area contributed by atoms with E-state index in [0.29, 0.717) is 23.1 Å². The van der Waals surface area contributed by atoms with E-state index in [1.54, 1.807) is 18.2 Å². The second kappa shape index (κ2) is 7.91. The first-order chi connectivity index (χ1) is 13.6. The van der Waals surface area contributed by atoms with Gasteiger partial charge in [-0.15, -0.1) is 13.2 Å². The lowest BCUT2D eigenvalue weighted by Crippen LogP contribution is -2.24. The number of ketones is 1. The first kappa shape index (κ1) is 20.9. The van der Waals surface area contributed by atoms with Gasteiger partial charge in [-0.2, -0.15) is 0 Å². The minimum Gasteiger partial charge on any atom is -0.454 e. The van der Waals surface area contributed by atoms with E-state index in [2.05, 4.69) is 9.46 Å². The third-order valence-corrected chi connectivity index (χ3v) is 5.41. The van der Waals surface area contributed by atoms with Crippen LogP contribution in [0.4, 0.5) is 13.2 Å². The van der Waals surface area contributed by atoms with E-state index in [9.17, 15) is 26.4 Å². The van der Waals surface area contributed by atoms with Gasteiger partial charge < -0.3 is 14.2 Å². The summed E-state index contributed by atoms with van der Waals surface area (Å²) in [5.41, 5.74) is 0.210. The Morgan fingerprint density at radius 1 is 1.14 bits per heavy atom. The molecule has 0 radical (unpaired) electrons. The van der Waals surface area contributed by atoms with Gasteiger partial charge in [-0.05, 0) is 29.8 Å². The van der Waals surface area contributed by atoms with Crippen LogP contribution in [0.5, 0.6) is 17.2 Å². The summed E-state index contributed by atoms with van der Waals surface area (Å²) in [6, 6.07) is 7.56. The smallest absolute Gasteiger partial charge is 0.454 e. The van der Waals surface area contributed by atoms with Crippen molar-refractivity contribution in [2.24, 2.45) is 0 Å². The first-order valence-electron chi connectivity index (χ1n) is 8.40. The molecule has 1 heterocycles. The molecular formula is C18H16F3NO6S. The van der Waals surface area contributed by atoms with Gasteiger partial charge in [-0.1, -0.05) is 13.0 Å². The van der Waals surface area contributed by atoms with Crippen molar-refractivity contribution in [2.45, 2.75) is 31.1 Å². The number of carbonyl (C=O) groups excluding carboxylic acids is 1. The van der Waals surface area contributed by atoms with Crippen LogP contribution in [0, 0.1) is 0 Å². The lowest BCUT2D eigenvalue weighted by Gasteiger charge is -2.14. The average molecular weight is 431 g/mol. The number of nitrogens with one attached hydrogen (secondary N) is 1. The summed E-state index contributed by atoms with van der Waals surface area (Å²) in [4.78, 5) is 11.4. The molecule has 0 aromatic heterocycles. The normalized spacial score (nSPS) is 13.4. The maximum absolute atomic E-state index is 12.7. The lowest BCUT2D eigenvalue weighted by molar-refractivity contribution is -0.274. The number of rotatable bonds is 7. The molecule has 11 heteroatoms. The highest BCUT2D eigenvalue weighted by atomic mass is 32.2. The molecule has 1 aliphatic rings. The molecule has 0 amide bonds. The van der Waals surface area contributed by atoms with Gasteiger partial charge in [-0.25, -0.2) is 13.1 Å². The minimum absolute atomic E-state index is 0.0648. The number of Topliss-reactive ketones (excluding diaryl/α,β-unsaturated/α-hetero) is 1. The van der Waals surface area contributed by atoms with Crippen LogP contribution in [0.1, 0.15) is 29.3 Å². The molecule has 0 bridgehead atoms. The van der Waals surface area contributed by atoms with Crippen LogP contribution in [0.2, 0.25) is 0 Å². The summed E-state index contributed by atoms with van der Waals surface area (Å²) in [6.45, 7) is 1.40. The number of ether oxygens (including phenoxy) is 3. The number of carbonyl (C=O) groups is 1. The van der Waals surface area contributed by atoms with E-state index < -0.39 is 32.8 Å². The maximum atomic E-state index is 12.7. The Morgan fingerprint density at radius 3 is 2.55 bits per heavy atom. The number of hydrogen-bond donors (Lipinski definition) is 1. The van der Waals surface area contributed by atoms with Crippen LogP contribution in [-0.2, 0) is 16.6 Å². The molecule has 1 N–H and O–H groups in total. The van der Waals surface area contributed by atoms with Crippen LogP contribution in [0.15, 0.2) is 41.3 Å². The van der Waals surface area contributed by atoms with Gasteiger partial charge in [0.25, 0.3) is 0 Å². The Kier molecular flexibility index (Phi) is 5.71.